The standard InChI is InChI=1S/C16H28O2Si/c1-6-7-11-16(2,3)19(4,5)18-15-10-8-9-14(12-15)13-17/h8-10,12,17H,6-7,11,13H2,1-5H3. The highest BCUT2D eigenvalue weighted by atomic mass is 28.4. The Labute approximate surface area is 118 Å². The van der Waals surface area contributed by atoms with Crippen molar-refractivity contribution in [2.45, 2.75) is 64.8 Å². The van der Waals surface area contributed by atoms with Gasteiger partial charge in [-0.1, -0.05) is 45.7 Å². The summed E-state index contributed by atoms with van der Waals surface area (Å²) in [5.74, 6) is 0.896. The summed E-state index contributed by atoms with van der Waals surface area (Å²) in [7, 11) is -1.83. The van der Waals surface area contributed by atoms with E-state index < -0.39 is 8.32 Å². The molecule has 0 saturated carbocycles. The lowest BCUT2D eigenvalue weighted by molar-refractivity contribution is 0.281. The van der Waals surface area contributed by atoms with Crippen LogP contribution >= 0.6 is 0 Å². The second-order valence-corrected chi connectivity index (χ2v) is 11.0. The van der Waals surface area contributed by atoms with Crippen molar-refractivity contribution in [2.75, 3.05) is 0 Å². The van der Waals surface area contributed by atoms with Crippen LogP contribution in [-0.4, -0.2) is 13.4 Å². The number of unbranched alkanes of at least 4 members (excludes halogenated alkanes) is 1. The van der Waals surface area contributed by atoms with Gasteiger partial charge in [-0.15, -0.1) is 0 Å². The molecule has 0 aliphatic heterocycles. The van der Waals surface area contributed by atoms with E-state index in [1.807, 2.05) is 24.3 Å². The van der Waals surface area contributed by atoms with Crippen LogP contribution in [0, 0.1) is 0 Å². The van der Waals surface area contributed by atoms with Gasteiger partial charge in [-0.25, -0.2) is 0 Å². The lowest BCUT2D eigenvalue weighted by Gasteiger charge is -2.39. The largest absolute Gasteiger partial charge is 0.543 e. The maximum Gasteiger partial charge on any atom is 0.250 e. The van der Waals surface area contributed by atoms with Gasteiger partial charge in [0, 0.05) is 0 Å². The Morgan fingerprint density at radius 3 is 2.53 bits per heavy atom. The molecule has 1 rings (SSSR count). The molecule has 2 nitrogen and oxygen atoms in total. The summed E-state index contributed by atoms with van der Waals surface area (Å²) in [5, 5.41) is 9.44. The molecule has 0 aliphatic rings. The van der Waals surface area contributed by atoms with Crippen LogP contribution in [0.5, 0.6) is 5.75 Å². The Kier molecular flexibility index (Phi) is 5.62. The Balaban J connectivity index is 2.82. The first kappa shape index (κ1) is 16.3. The molecule has 108 valence electrons. The van der Waals surface area contributed by atoms with E-state index in [1.165, 1.54) is 19.3 Å². The highest BCUT2D eigenvalue weighted by Crippen LogP contribution is 2.42. The lowest BCUT2D eigenvalue weighted by Crippen LogP contribution is -2.45. The smallest absolute Gasteiger partial charge is 0.250 e. The third kappa shape index (κ3) is 4.36. The van der Waals surface area contributed by atoms with E-state index >= 15 is 0 Å². The van der Waals surface area contributed by atoms with Gasteiger partial charge in [0.25, 0.3) is 8.32 Å². The molecule has 0 bridgehead atoms. The number of hydrogen-bond acceptors (Lipinski definition) is 2. The summed E-state index contributed by atoms with van der Waals surface area (Å²) in [6.07, 6.45) is 3.69. The van der Waals surface area contributed by atoms with Gasteiger partial charge < -0.3 is 9.53 Å². The normalized spacial score (nSPS) is 12.5. The van der Waals surface area contributed by atoms with Crippen LogP contribution in [0.4, 0.5) is 0 Å². The van der Waals surface area contributed by atoms with E-state index in [-0.39, 0.29) is 11.6 Å². The molecular formula is C16H28O2Si. The average molecular weight is 280 g/mol. The van der Waals surface area contributed by atoms with Crippen molar-refractivity contribution in [1.82, 2.24) is 0 Å². The first-order valence-corrected chi connectivity index (χ1v) is 10.1. The maximum absolute atomic E-state index is 9.19. The van der Waals surface area contributed by atoms with Gasteiger partial charge in [-0.05, 0) is 42.2 Å². The van der Waals surface area contributed by atoms with Crippen molar-refractivity contribution in [1.29, 1.82) is 0 Å². The molecule has 1 aromatic rings. The molecule has 0 radical (unpaired) electrons. The predicted octanol–water partition coefficient (Wildman–Crippen LogP) is 4.73. The fraction of sp³-hybridized carbons (Fsp3) is 0.625. The van der Waals surface area contributed by atoms with E-state index in [1.54, 1.807) is 0 Å². The number of rotatable bonds is 7. The molecule has 0 aromatic heterocycles. The maximum atomic E-state index is 9.19. The Bertz CT molecular complexity index is 399. The first-order valence-electron chi connectivity index (χ1n) is 7.21. The summed E-state index contributed by atoms with van der Waals surface area (Å²) >= 11 is 0. The highest BCUT2D eigenvalue weighted by molar-refractivity contribution is 6.74. The monoisotopic (exact) mass is 280 g/mol. The Morgan fingerprint density at radius 1 is 1.26 bits per heavy atom. The number of aliphatic hydroxyl groups is 1. The number of hydrogen-bond donors (Lipinski definition) is 1. The quantitative estimate of drug-likeness (QED) is 0.731. The van der Waals surface area contributed by atoms with Crippen molar-refractivity contribution < 1.29 is 9.53 Å². The van der Waals surface area contributed by atoms with Crippen LogP contribution in [0.1, 0.15) is 45.6 Å². The Morgan fingerprint density at radius 2 is 1.95 bits per heavy atom. The van der Waals surface area contributed by atoms with Gasteiger partial charge in [0.15, 0.2) is 0 Å². The van der Waals surface area contributed by atoms with Gasteiger partial charge >= 0.3 is 0 Å². The zero-order chi connectivity index (χ0) is 14.5. The van der Waals surface area contributed by atoms with E-state index in [2.05, 4.69) is 33.9 Å². The predicted molar refractivity (Wildman–Crippen MR) is 84.0 cm³/mol. The van der Waals surface area contributed by atoms with Gasteiger partial charge in [-0.2, -0.15) is 0 Å². The molecule has 19 heavy (non-hydrogen) atoms. The second-order valence-electron chi connectivity index (χ2n) is 6.41. The lowest BCUT2D eigenvalue weighted by atomic mass is 10.1. The van der Waals surface area contributed by atoms with E-state index in [9.17, 15) is 5.11 Å². The zero-order valence-electron chi connectivity index (χ0n) is 13.0. The minimum absolute atomic E-state index is 0.0679. The van der Waals surface area contributed by atoms with E-state index in [4.69, 9.17) is 4.43 Å². The molecule has 0 aliphatic carbocycles. The third-order valence-electron chi connectivity index (χ3n) is 4.24. The van der Waals surface area contributed by atoms with Crippen LogP contribution in [-0.2, 0) is 6.61 Å². The third-order valence-corrected chi connectivity index (χ3v) is 8.49. The minimum atomic E-state index is -1.83. The van der Waals surface area contributed by atoms with Crippen LogP contribution in [0.15, 0.2) is 24.3 Å². The van der Waals surface area contributed by atoms with Gasteiger partial charge in [0.1, 0.15) is 5.75 Å². The SMILES string of the molecule is CCCCC(C)(C)[Si](C)(C)Oc1cccc(CO)c1. The van der Waals surface area contributed by atoms with Crippen molar-refractivity contribution in [3.8, 4) is 5.75 Å². The highest BCUT2D eigenvalue weighted by Gasteiger charge is 2.42. The fourth-order valence-electron chi connectivity index (χ4n) is 2.06. The van der Waals surface area contributed by atoms with Crippen molar-refractivity contribution in [2.24, 2.45) is 0 Å². The van der Waals surface area contributed by atoms with Crippen LogP contribution in [0.3, 0.4) is 0 Å². The first-order chi connectivity index (χ1) is 8.82. The van der Waals surface area contributed by atoms with E-state index in [0.717, 1.165) is 11.3 Å². The van der Waals surface area contributed by atoms with Gasteiger partial charge in [-0.3, -0.25) is 0 Å². The fourth-order valence-corrected chi connectivity index (χ4v) is 3.83. The van der Waals surface area contributed by atoms with E-state index in [0.29, 0.717) is 0 Å². The average Bonchev–Trinajstić information content (AvgIpc) is 2.36. The molecule has 0 atom stereocenters. The summed E-state index contributed by atoms with van der Waals surface area (Å²) in [5.41, 5.74) is 0.911. The van der Waals surface area contributed by atoms with Crippen molar-refractivity contribution in [3.05, 3.63) is 29.8 Å². The topological polar surface area (TPSA) is 29.5 Å². The van der Waals surface area contributed by atoms with Gasteiger partial charge in [0.2, 0.25) is 0 Å². The van der Waals surface area contributed by atoms with Crippen LogP contribution in [0.25, 0.3) is 0 Å². The summed E-state index contributed by atoms with van der Waals surface area (Å²) in [4.78, 5) is 0. The zero-order valence-corrected chi connectivity index (χ0v) is 14.0. The molecule has 0 amide bonds. The molecule has 0 unspecified atom stereocenters. The minimum Gasteiger partial charge on any atom is -0.543 e. The molecule has 1 aromatic carbocycles. The van der Waals surface area contributed by atoms with Crippen LogP contribution < -0.4 is 4.43 Å². The summed E-state index contributed by atoms with van der Waals surface area (Å²) in [6.45, 7) is 11.5. The molecule has 0 fully saturated rings. The molecular weight excluding hydrogens is 252 g/mol. The van der Waals surface area contributed by atoms with Crippen LogP contribution in [0.2, 0.25) is 18.1 Å². The van der Waals surface area contributed by atoms with Crippen molar-refractivity contribution >= 4 is 8.32 Å². The molecule has 3 heteroatoms. The number of benzene rings is 1. The molecule has 0 heterocycles. The number of aliphatic hydroxyl groups excluding tert-OH is 1. The molecule has 0 saturated heterocycles. The Hall–Kier alpha value is -0.803. The molecule has 1 N–H and O–H groups in total. The summed E-state index contributed by atoms with van der Waals surface area (Å²) < 4.78 is 6.33. The van der Waals surface area contributed by atoms with Gasteiger partial charge in [0.05, 0.1) is 6.61 Å². The summed E-state index contributed by atoms with van der Waals surface area (Å²) in [6, 6.07) is 7.81. The molecule has 0 spiro atoms. The van der Waals surface area contributed by atoms with Crippen molar-refractivity contribution in [3.63, 3.8) is 0 Å². The second kappa shape index (κ2) is 6.57.